The van der Waals surface area contributed by atoms with Gasteiger partial charge in [-0.15, -0.1) is 0 Å². The number of hydrogen-bond acceptors (Lipinski definition) is 2. The first-order valence-electron chi connectivity index (χ1n) is 8.19. The highest BCUT2D eigenvalue weighted by Gasteiger charge is 2.18. The Morgan fingerprint density at radius 3 is 2.24 bits per heavy atom. The number of rotatable bonds is 5. The molecule has 0 fully saturated rings. The topological polar surface area (TPSA) is 49.4 Å². The number of aryl methyl sites for hydroxylation is 3. The standard InChI is InChI=1S/C20H23ClN2O2/c1-13-5-7-17(8-6-13)22-19(25)9-10-23(16(4)24)20-15(3)11-14(2)12-18(20)21/h5-8,11-12H,9-10H2,1-4H3,(H,22,25). The van der Waals surface area contributed by atoms with Crippen LogP contribution in [0, 0.1) is 20.8 Å². The van der Waals surface area contributed by atoms with Gasteiger partial charge in [0.1, 0.15) is 0 Å². The zero-order valence-electron chi connectivity index (χ0n) is 15.0. The fourth-order valence-corrected chi connectivity index (χ4v) is 3.17. The van der Waals surface area contributed by atoms with Crippen molar-refractivity contribution in [2.75, 3.05) is 16.8 Å². The van der Waals surface area contributed by atoms with Crippen LogP contribution in [-0.2, 0) is 9.59 Å². The van der Waals surface area contributed by atoms with Crippen molar-refractivity contribution in [3.05, 3.63) is 58.1 Å². The molecule has 0 aliphatic heterocycles. The van der Waals surface area contributed by atoms with Crippen molar-refractivity contribution in [3.8, 4) is 0 Å². The van der Waals surface area contributed by atoms with E-state index in [1.54, 1.807) is 4.90 Å². The minimum Gasteiger partial charge on any atom is -0.326 e. The van der Waals surface area contributed by atoms with E-state index < -0.39 is 0 Å². The molecule has 0 aliphatic carbocycles. The molecular weight excluding hydrogens is 336 g/mol. The van der Waals surface area contributed by atoms with E-state index in [9.17, 15) is 9.59 Å². The maximum atomic E-state index is 12.2. The van der Waals surface area contributed by atoms with E-state index in [0.29, 0.717) is 10.7 Å². The van der Waals surface area contributed by atoms with Crippen molar-refractivity contribution in [2.45, 2.75) is 34.1 Å². The van der Waals surface area contributed by atoms with E-state index in [1.807, 2.05) is 57.2 Å². The van der Waals surface area contributed by atoms with Crippen LogP contribution in [0.4, 0.5) is 11.4 Å². The monoisotopic (exact) mass is 358 g/mol. The number of nitrogens with zero attached hydrogens (tertiary/aromatic N) is 1. The van der Waals surface area contributed by atoms with Gasteiger partial charge in [0, 0.05) is 25.6 Å². The molecule has 0 aliphatic rings. The third kappa shape index (κ3) is 5.07. The van der Waals surface area contributed by atoms with Gasteiger partial charge < -0.3 is 10.2 Å². The predicted octanol–water partition coefficient (Wildman–Crippen LogP) is 4.65. The summed E-state index contributed by atoms with van der Waals surface area (Å²) in [5.74, 6) is -0.284. The van der Waals surface area contributed by atoms with Crippen LogP contribution in [-0.4, -0.2) is 18.4 Å². The Kier molecular flexibility index (Phi) is 6.21. The van der Waals surface area contributed by atoms with Crippen LogP contribution >= 0.6 is 11.6 Å². The van der Waals surface area contributed by atoms with Gasteiger partial charge in [-0.1, -0.05) is 35.4 Å². The lowest BCUT2D eigenvalue weighted by atomic mass is 10.1. The molecule has 0 radical (unpaired) electrons. The van der Waals surface area contributed by atoms with Gasteiger partial charge in [-0.05, 0) is 50.1 Å². The molecule has 0 saturated heterocycles. The molecule has 2 aromatic rings. The summed E-state index contributed by atoms with van der Waals surface area (Å²) < 4.78 is 0. The van der Waals surface area contributed by atoms with Crippen LogP contribution in [0.5, 0.6) is 0 Å². The van der Waals surface area contributed by atoms with Crippen LogP contribution in [0.1, 0.15) is 30.0 Å². The van der Waals surface area contributed by atoms with E-state index in [-0.39, 0.29) is 24.8 Å². The van der Waals surface area contributed by atoms with Gasteiger partial charge in [0.2, 0.25) is 11.8 Å². The maximum Gasteiger partial charge on any atom is 0.226 e. The van der Waals surface area contributed by atoms with Crippen LogP contribution < -0.4 is 10.2 Å². The van der Waals surface area contributed by atoms with E-state index in [2.05, 4.69) is 5.32 Å². The summed E-state index contributed by atoms with van der Waals surface area (Å²) in [6, 6.07) is 11.4. The van der Waals surface area contributed by atoms with E-state index in [0.717, 1.165) is 22.4 Å². The van der Waals surface area contributed by atoms with Gasteiger partial charge in [0.25, 0.3) is 0 Å². The maximum absolute atomic E-state index is 12.2. The molecule has 25 heavy (non-hydrogen) atoms. The average Bonchev–Trinajstić information content (AvgIpc) is 2.51. The number of halogens is 1. The summed E-state index contributed by atoms with van der Waals surface area (Å²) in [6.07, 6.45) is 0.192. The summed E-state index contributed by atoms with van der Waals surface area (Å²) in [6.45, 7) is 7.61. The van der Waals surface area contributed by atoms with Crippen molar-refractivity contribution in [3.63, 3.8) is 0 Å². The van der Waals surface area contributed by atoms with Gasteiger partial charge in [0.05, 0.1) is 10.7 Å². The summed E-state index contributed by atoms with van der Waals surface area (Å²) in [5, 5.41) is 3.36. The van der Waals surface area contributed by atoms with Crippen LogP contribution in [0.15, 0.2) is 36.4 Å². The lowest BCUT2D eigenvalue weighted by molar-refractivity contribution is -0.117. The highest BCUT2D eigenvalue weighted by molar-refractivity contribution is 6.34. The largest absolute Gasteiger partial charge is 0.326 e. The number of hydrogen-bond donors (Lipinski definition) is 1. The lowest BCUT2D eigenvalue weighted by Gasteiger charge is -2.24. The van der Waals surface area contributed by atoms with Crippen molar-refractivity contribution in [2.24, 2.45) is 0 Å². The molecule has 0 aromatic heterocycles. The fraction of sp³-hybridized carbons (Fsp3) is 0.300. The Hall–Kier alpha value is -2.33. The summed E-state index contributed by atoms with van der Waals surface area (Å²) in [5.41, 5.74) is 4.49. The highest BCUT2D eigenvalue weighted by Crippen LogP contribution is 2.31. The molecule has 2 rings (SSSR count). The molecule has 5 heteroatoms. The number of nitrogens with one attached hydrogen (secondary N) is 1. The first-order valence-corrected chi connectivity index (χ1v) is 8.57. The normalized spacial score (nSPS) is 10.4. The van der Waals surface area contributed by atoms with Crippen LogP contribution in [0.25, 0.3) is 0 Å². The second kappa shape index (κ2) is 8.17. The minimum atomic E-state index is -0.143. The smallest absolute Gasteiger partial charge is 0.226 e. The SMILES string of the molecule is CC(=O)N(CCC(=O)Nc1ccc(C)cc1)c1c(C)cc(C)cc1Cl. The van der Waals surface area contributed by atoms with Crippen molar-refractivity contribution in [1.29, 1.82) is 0 Å². The quantitative estimate of drug-likeness (QED) is 0.845. The number of amides is 2. The number of benzene rings is 2. The molecule has 2 aromatic carbocycles. The zero-order valence-corrected chi connectivity index (χ0v) is 15.8. The Morgan fingerprint density at radius 2 is 1.68 bits per heavy atom. The Morgan fingerprint density at radius 1 is 1.04 bits per heavy atom. The Balaban J connectivity index is 2.09. The van der Waals surface area contributed by atoms with Crippen molar-refractivity contribution in [1.82, 2.24) is 0 Å². The molecule has 0 spiro atoms. The molecule has 0 bridgehead atoms. The van der Waals surface area contributed by atoms with Gasteiger partial charge in [-0.3, -0.25) is 9.59 Å². The van der Waals surface area contributed by atoms with E-state index in [4.69, 9.17) is 11.6 Å². The third-order valence-electron chi connectivity index (χ3n) is 3.95. The summed E-state index contributed by atoms with van der Waals surface area (Å²) in [7, 11) is 0. The first kappa shape index (κ1) is 19.0. The molecule has 0 unspecified atom stereocenters. The fourth-order valence-electron chi connectivity index (χ4n) is 2.75. The van der Waals surface area contributed by atoms with E-state index >= 15 is 0 Å². The molecular formula is C20H23ClN2O2. The Labute approximate surface area is 153 Å². The molecule has 1 N–H and O–H groups in total. The second-order valence-electron chi connectivity index (χ2n) is 6.25. The third-order valence-corrected chi connectivity index (χ3v) is 4.23. The Bertz CT molecular complexity index is 762. The minimum absolute atomic E-state index is 0.142. The first-order chi connectivity index (χ1) is 11.8. The molecule has 0 atom stereocenters. The zero-order chi connectivity index (χ0) is 18.6. The van der Waals surface area contributed by atoms with Gasteiger partial charge in [-0.25, -0.2) is 0 Å². The second-order valence-corrected chi connectivity index (χ2v) is 6.65. The number of anilines is 2. The average molecular weight is 359 g/mol. The van der Waals surface area contributed by atoms with E-state index in [1.165, 1.54) is 6.92 Å². The lowest BCUT2D eigenvalue weighted by Crippen LogP contribution is -2.32. The van der Waals surface area contributed by atoms with Crippen molar-refractivity contribution < 1.29 is 9.59 Å². The van der Waals surface area contributed by atoms with Gasteiger partial charge >= 0.3 is 0 Å². The molecule has 0 heterocycles. The molecule has 132 valence electrons. The van der Waals surface area contributed by atoms with Gasteiger partial charge in [0.15, 0.2) is 0 Å². The number of carbonyl (C=O) groups is 2. The highest BCUT2D eigenvalue weighted by atomic mass is 35.5. The van der Waals surface area contributed by atoms with Crippen LogP contribution in [0.3, 0.4) is 0 Å². The van der Waals surface area contributed by atoms with Gasteiger partial charge in [-0.2, -0.15) is 0 Å². The summed E-state index contributed by atoms with van der Waals surface area (Å²) in [4.78, 5) is 25.8. The molecule has 2 amide bonds. The number of carbonyl (C=O) groups excluding carboxylic acids is 2. The molecule has 4 nitrogen and oxygen atoms in total. The summed E-state index contributed by atoms with van der Waals surface area (Å²) >= 11 is 6.34. The van der Waals surface area contributed by atoms with Crippen LogP contribution in [0.2, 0.25) is 5.02 Å². The predicted molar refractivity (Wildman–Crippen MR) is 103 cm³/mol. The van der Waals surface area contributed by atoms with Crippen molar-refractivity contribution >= 4 is 34.8 Å². The molecule has 0 saturated carbocycles.